The fourth-order valence-electron chi connectivity index (χ4n) is 2.24. The van der Waals surface area contributed by atoms with Crippen molar-refractivity contribution in [3.8, 4) is 11.1 Å². The number of aromatic nitrogens is 1. The molecule has 1 aromatic heterocycles. The summed E-state index contributed by atoms with van der Waals surface area (Å²) in [5, 5.41) is 5.09. The first-order chi connectivity index (χ1) is 10.0. The summed E-state index contributed by atoms with van der Waals surface area (Å²) in [6.07, 6.45) is 1.73. The van der Waals surface area contributed by atoms with Crippen LogP contribution in [0.15, 0.2) is 35.4 Å². The van der Waals surface area contributed by atoms with Gasteiger partial charge in [0.2, 0.25) is 10.0 Å². The molecule has 2 rings (SSSR count). The van der Waals surface area contributed by atoms with Gasteiger partial charge in [0, 0.05) is 0 Å². The van der Waals surface area contributed by atoms with Crippen LogP contribution in [0.3, 0.4) is 0 Å². The van der Waals surface area contributed by atoms with Crippen molar-refractivity contribution < 1.29 is 13.2 Å². The Balaban J connectivity index is 2.66. The number of H-pyrrole nitrogens is 1. The van der Waals surface area contributed by atoms with Crippen LogP contribution in [0.4, 0.5) is 5.69 Å². The SMILES string of the molecule is C[N+](C)(C)c1c[nH]c(C(N)=O)c1-c1ccc(S(N)(=O)=O)cc1. The number of benzene rings is 1. The molecule has 1 amide bonds. The standard InChI is InChI=1S/C14H18N4O3S/c1-18(2,3)11-8-17-13(14(15)19)12(11)9-4-6-10(7-5-9)22(16,20)21/h4-8H,1-3H3,(H4-,15,16,17,19,20,21)/p+1. The number of sulfonamides is 1. The number of hydrogen-bond acceptors (Lipinski definition) is 3. The first kappa shape index (κ1) is 16.2. The van der Waals surface area contributed by atoms with E-state index in [0.29, 0.717) is 15.6 Å². The third kappa shape index (κ3) is 3.03. The Morgan fingerprint density at radius 3 is 2.09 bits per heavy atom. The molecule has 0 saturated heterocycles. The fourth-order valence-corrected chi connectivity index (χ4v) is 2.76. The number of carbonyl (C=O) groups is 1. The lowest BCUT2D eigenvalue weighted by molar-refractivity contribution is 0.0997. The Morgan fingerprint density at radius 2 is 1.68 bits per heavy atom. The number of nitrogens with one attached hydrogen (secondary N) is 1. The van der Waals surface area contributed by atoms with Gasteiger partial charge in [0.1, 0.15) is 5.69 Å². The van der Waals surface area contributed by atoms with Gasteiger partial charge >= 0.3 is 0 Å². The minimum atomic E-state index is -3.76. The van der Waals surface area contributed by atoms with Crippen LogP contribution in [0.1, 0.15) is 10.5 Å². The Morgan fingerprint density at radius 1 is 1.14 bits per heavy atom. The Bertz CT molecular complexity index is 815. The van der Waals surface area contributed by atoms with E-state index in [9.17, 15) is 13.2 Å². The second kappa shape index (κ2) is 5.24. The van der Waals surface area contributed by atoms with Gasteiger partial charge in [0.25, 0.3) is 5.91 Å². The van der Waals surface area contributed by atoms with Gasteiger partial charge in [0.05, 0.1) is 37.8 Å². The highest BCUT2D eigenvalue weighted by Crippen LogP contribution is 2.35. The first-order valence-electron chi connectivity index (χ1n) is 6.48. The summed E-state index contributed by atoms with van der Waals surface area (Å²) in [4.78, 5) is 14.5. The molecule has 22 heavy (non-hydrogen) atoms. The molecule has 0 atom stereocenters. The molecule has 0 aliphatic rings. The lowest BCUT2D eigenvalue weighted by atomic mass is 10.0. The second-order valence-electron chi connectivity index (χ2n) is 5.87. The third-order valence-electron chi connectivity index (χ3n) is 3.30. The maximum absolute atomic E-state index is 11.6. The fraction of sp³-hybridized carbons (Fsp3) is 0.214. The van der Waals surface area contributed by atoms with Crippen LogP contribution in [0.5, 0.6) is 0 Å². The molecule has 0 saturated carbocycles. The number of carbonyl (C=O) groups excluding carboxylic acids is 1. The molecule has 0 aliphatic carbocycles. The zero-order valence-corrected chi connectivity index (χ0v) is 13.4. The first-order valence-corrected chi connectivity index (χ1v) is 8.03. The van der Waals surface area contributed by atoms with Crippen LogP contribution in [0.25, 0.3) is 11.1 Å². The van der Waals surface area contributed by atoms with Crippen molar-refractivity contribution in [1.82, 2.24) is 9.47 Å². The number of primary amides is 1. The van der Waals surface area contributed by atoms with Gasteiger partial charge in [-0.25, -0.2) is 13.6 Å². The molecule has 2 aromatic rings. The van der Waals surface area contributed by atoms with E-state index in [1.807, 2.05) is 21.1 Å². The maximum Gasteiger partial charge on any atom is 0.266 e. The predicted molar refractivity (Wildman–Crippen MR) is 85.7 cm³/mol. The molecule has 0 spiro atoms. The van der Waals surface area contributed by atoms with Crippen LogP contribution in [-0.2, 0) is 10.0 Å². The van der Waals surface area contributed by atoms with Crippen molar-refractivity contribution in [1.29, 1.82) is 0 Å². The van der Waals surface area contributed by atoms with Crippen molar-refractivity contribution in [3.05, 3.63) is 36.2 Å². The number of nitrogens with two attached hydrogens (primary N) is 2. The van der Waals surface area contributed by atoms with Gasteiger partial charge in [-0.05, 0) is 17.7 Å². The molecule has 0 fully saturated rings. The molecule has 1 aromatic carbocycles. The summed E-state index contributed by atoms with van der Waals surface area (Å²) >= 11 is 0. The summed E-state index contributed by atoms with van der Waals surface area (Å²) in [5.74, 6) is -0.578. The normalized spacial score (nSPS) is 12.4. The van der Waals surface area contributed by atoms with Gasteiger partial charge in [-0.2, -0.15) is 0 Å². The quantitative estimate of drug-likeness (QED) is 0.716. The monoisotopic (exact) mass is 323 g/mol. The summed E-state index contributed by atoms with van der Waals surface area (Å²) in [7, 11) is 2.11. The molecule has 8 heteroatoms. The lowest BCUT2D eigenvalue weighted by Gasteiger charge is -2.23. The number of amides is 1. The molecule has 118 valence electrons. The van der Waals surface area contributed by atoms with Crippen LogP contribution in [-0.4, -0.2) is 40.5 Å². The van der Waals surface area contributed by atoms with Crippen molar-refractivity contribution in [2.75, 3.05) is 21.1 Å². The van der Waals surface area contributed by atoms with E-state index in [2.05, 4.69) is 4.98 Å². The summed E-state index contributed by atoms with van der Waals surface area (Å²) in [6, 6.07) is 6.02. The van der Waals surface area contributed by atoms with Crippen LogP contribution >= 0.6 is 0 Å². The average Bonchev–Trinajstić information content (AvgIpc) is 2.82. The minimum Gasteiger partial charge on any atom is -0.364 e. The van der Waals surface area contributed by atoms with E-state index in [4.69, 9.17) is 10.9 Å². The molecular weight excluding hydrogens is 304 g/mol. The number of nitrogens with zero attached hydrogens (tertiary/aromatic N) is 1. The summed E-state index contributed by atoms with van der Waals surface area (Å²) < 4.78 is 23.1. The molecular formula is C14H19N4O3S+. The average molecular weight is 323 g/mol. The molecule has 0 unspecified atom stereocenters. The smallest absolute Gasteiger partial charge is 0.266 e. The Labute approximate surface area is 129 Å². The van der Waals surface area contributed by atoms with Gasteiger partial charge in [0.15, 0.2) is 5.69 Å². The Hall–Kier alpha value is -2.16. The molecule has 7 nitrogen and oxygen atoms in total. The van der Waals surface area contributed by atoms with Crippen LogP contribution in [0.2, 0.25) is 0 Å². The maximum atomic E-state index is 11.6. The number of rotatable bonds is 4. The molecule has 0 bridgehead atoms. The van der Waals surface area contributed by atoms with E-state index < -0.39 is 15.9 Å². The van der Waals surface area contributed by atoms with Gasteiger partial charge in [-0.15, -0.1) is 0 Å². The van der Waals surface area contributed by atoms with E-state index in [-0.39, 0.29) is 10.6 Å². The largest absolute Gasteiger partial charge is 0.364 e. The molecule has 5 N–H and O–H groups in total. The van der Waals surface area contributed by atoms with Gasteiger partial charge in [-0.1, -0.05) is 12.1 Å². The number of hydrogen-bond donors (Lipinski definition) is 3. The zero-order chi connectivity index (χ0) is 16.7. The predicted octanol–water partition coefficient (Wildman–Crippen LogP) is 0.625. The van der Waals surface area contributed by atoms with Crippen molar-refractivity contribution in [2.45, 2.75) is 4.90 Å². The van der Waals surface area contributed by atoms with Crippen LogP contribution in [0, 0.1) is 0 Å². The minimum absolute atomic E-state index is 0.0132. The second-order valence-corrected chi connectivity index (χ2v) is 7.43. The van der Waals surface area contributed by atoms with Crippen molar-refractivity contribution in [2.24, 2.45) is 10.9 Å². The molecule has 0 aliphatic heterocycles. The van der Waals surface area contributed by atoms with Crippen molar-refractivity contribution in [3.63, 3.8) is 0 Å². The van der Waals surface area contributed by atoms with E-state index >= 15 is 0 Å². The van der Waals surface area contributed by atoms with E-state index in [1.54, 1.807) is 18.3 Å². The van der Waals surface area contributed by atoms with Gasteiger partial charge < -0.3 is 10.7 Å². The highest BCUT2D eigenvalue weighted by molar-refractivity contribution is 7.89. The van der Waals surface area contributed by atoms with Crippen LogP contribution < -0.4 is 15.4 Å². The topological polar surface area (TPSA) is 119 Å². The van der Waals surface area contributed by atoms with E-state index in [1.165, 1.54) is 12.1 Å². The number of quaternary nitrogens is 1. The molecule has 1 heterocycles. The highest BCUT2D eigenvalue weighted by Gasteiger charge is 2.26. The lowest BCUT2D eigenvalue weighted by Crippen LogP contribution is -2.35. The van der Waals surface area contributed by atoms with E-state index in [0.717, 1.165) is 5.69 Å². The summed E-state index contributed by atoms with van der Waals surface area (Å²) in [6.45, 7) is 0. The summed E-state index contributed by atoms with van der Waals surface area (Å²) in [5.41, 5.74) is 7.90. The van der Waals surface area contributed by atoms with Crippen molar-refractivity contribution >= 4 is 21.6 Å². The zero-order valence-electron chi connectivity index (χ0n) is 12.6. The highest BCUT2D eigenvalue weighted by atomic mass is 32.2. The van der Waals surface area contributed by atoms with Gasteiger partial charge in [-0.3, -0.25) is 9.28 Å². The number of primary sulfonamides is 1. The molecule has 0 radical (unpaired) electrons. The number of aromatic amines is 1. The Kier molecular flexibility index (Phi) is 3.86. The third-order valence-corrected chi connectivity index (χ3v) is 4.23.